The molecular weight excluding hydrogens is 264 g/mol. The van der Waals surface area contributed by atoms with Crippen molar-refractivity contribution in [3.05, 3.63) is 29.8 Å². The third kappa shape index (κ3) is 3.45. The Bertz CT molecular complexity index is 481. The third-order valence-electron chi connectivity index (χ3n) is 3.55. The number of nitrogens with zero attached hydrogens (tertiary/aromatic N) is 1. The molecule has 1 saturated heterocycles. The molecule has 3 N–H and O–H groups in total. The van der Waals surface area contributed by atoms with Crippen molar-refractivity contribution in [3.63, 3.8) is 0 Å². The van der Waals surface area contributed by atoms with Crippen molar-refractivity contribution >= 4 is 11.7 Å². The highest BCUT2D eigenvalue weighted by Crippen LogP contribution is 2.23. The normalized spacial score (nSPS) is 18.4. The lowest BCUT2D eigenvalue weighted by Gasteiger charge is -2.25. The van der Waals surface area contributed by atoms with Gasteiger partial charge in [0.05, 0.1) is 5.69 Å². The minimum atomic E-state index is -0.768. The van der Waals surface area contributed by atoms with Gasteiger partial charge in [0.2, 0.25) is 0 Å². The quantitative estimate of drug-likeness (QED) is 0.892. The number of nitrogens with one attached hydrogen (secondary N) is 1. The molecule has 0 bridgehead atoms. The molecule has 0 saturated carbocycles. The number of halogens is 2. The average molecular weight is 283 g/mol. The third-order valence-corrected chi connectivity index (χ3v) is 3.55. The molecule has 2 amide bonds. The van der Waals surface area contributed by atoms with E-state index in [1.807, 2.05) is 0 Å². The predicted molar refractivity (Wildman–Crippen MR) is 73.4 cm³/mol. The van der Waals surface area contributed by atoms with Crippen molar-refractivity contribution in [1.29, 1.82) is 0 Å². The summed E-state index contributed by atoms with van der Waals surface area (Å²) in [5.41, 5.74) is 5.48. The highest BCUT2D eigenvalue weighted by molar-refractivity contribution is 5.89. The fourth-order valence-corrected chi connectivity index (χ4v) is 2.53. The molecule has 2 rings (SSSR count). The zero-order chi connectivity index (χ0) is 14.5. The van der Waals surface area contributed by atoms with Crippen molar-refractivity contribution in [3.8, 4) is 0 Å². The molecule has 0 spiro atoms. The monoisotopic (exact) mass is 283 g/mol. The molecule has 1 aromatic carbocycles. The number of hydrogen-bond acceptors (Lipinski definition) is 2. The van der Waals surface area contributed by atoms with Crippen LogP contribution in [0.15, 0.2) is 18.2 Å². The Labute approximate surface area is 116 Å². The summed E-state index contributed by atoms with van der Waals surface area (Å²) in [5, 5.41) is 2.50. The number of likely N-dealkylation sites (tertiary alicyclic amines) is 1. The molecule has 20 heavy (non-hydrogen) atoms. The van der Waals surface area contributed by atoms with Gasteiger partial charge in [-0.05, 0) is 44.4 Å². The van der Waals surface area contributed by atoms with E-state index in [2.05, 4.69) is 5.32 Å². The van der Waals surface area contributed by atoms with Crippen LogP contribution >= 0.6 is 0 Å². The van der Waals surface area contributed by atoms with Gasteiger partial charge in [-0.15, -0.1) is 0 Å². The molecule has 4 nitrogen and oxygen atoms in total. The van der Waals surface area contributed by atoms with Gasteiger partial charge >= 0.3 is 6.03 Å². The van der Waals surface area contributed by atoms with Crippen molar-refractivity contribution in [2.45, 2.75) is 31.7 Å². The number of hydrogen-bond donors (Lipinski definition) is 2. The minimum absolute atomic E-state index is 0.000810. The molecule has 1 heterocycles. The maximum absolute atomic E-state index is 13.5. The van der Waals surface area contributed by atoms with Gasteiger partial charge in [0.15, 0.2) is 0 Å². The molecule has 1 atom stereocenters. The summed E-state index contributed by atoms with van der Waals surface area (Å²) in [4.78, 5) is 13.9. The van der Waals surface area contributed by atoms with Crippen LogP contribution < -0.4 is 11.1 Å². The molecule has 0 aliphatic carbocycles. The Morgan fingerprint density at radius 3 is 2.95 bits per heavy atom. The van der Waals surface area contributed by atoms with Crippen LogP contribution in [-0.4, -0.2) is 30.1 Å². The van der Waals surface area contributed by atoms with E-state index in [9.17, 15) is 13.6 Å². The van der Waals surface area contributed by atoms with Crippen LogP contribution in [-0.2, 0) is 0 Å². The van der Waals surface area contributed by atoms with Crippen molar-refractivity contribution in [2.24, 2.45) is 5.73 Å². The number of nitrogens with two attached hydrogens (primary N) is 1. The molecule has 0 radical (unpaired) electrons. The first kappa shape index (κ1) is 14.7. The van der Waals surface area contributed by atoms with E-state index in [0.717, 1.165) is 37.8 Å². The van der Waals surface area contributed by atoms with Crippen LogP contribution in [0.3, 0.4) is 0 Å². The first-order valence-corrected chi connectivity index (χ1v) is 6.84. The first-order valence-electron chi connectivity index (χ1n) is 6.84. The van der Waals surface area contributed by atoms with Gasteiger partial charge in [-0.2, -0.15) is 0 Å². The van der Waals surface area contributed by atoms with Crippen molar-refractivity contribution < 1.29 is 13.6 Å². The maximum Gasteiger partial charge on any atom is 0.322 e. The van der Waals surface area contributed by atoms with E-state index in [0.29, 0.717) is 13.1 Å². The van der Waals surface area contributed by atoms with Gasteiger partial charge in [0, 0.05) is 18.7 Å². The molecule has 1 aromatic rings. The summed E-state index contributed by atoms with van der Waals surface area (Å²) >= 11 is 0. The topological polar surface area (TPSA) is 58.4 Å². The summed E-state index contributed by atoms with van der Waals surface area (Å²) in [7, 11) is 0. The number of carbonyl (C=O) groups excluding carboxylic acids is 1. The highest BCUT2D eigenvalue weighted by Gasteiger charge is 2.28. The van der Waals surface area contributed by atoms with Gasteiger partial charge in [0.25, 0.3) is 0 Å². The van der Waals surface area contributed by atoms with Gasteiger partial charge in [-0.3, -0.25) is 0 Å². The van der Waals surface area contributed by atoms with Gasteiger partial charge < -0.3 is 16.0 Å². The van der Waals surface area contributed by atoms with Crippen LogP contribution in [0.4, 0.5) is 19.3 Å². The lowest BCUT2D eigenvalue weighted by atomic mass is 10.1. The van der Waals surface area contributed by atoms with E-state index in [-0.39, 0.29) is 17.8 Å². The Morgan fingerprint density at radius 1 is 1.45 bits per heavy atom. The largest absolute Gasteiger partial charge is 0.330 e. The minimum Gasteiger partial charge on any atom is -0.330 e. The predicted octanol–water partition coefficient (Wildman–Crippen LogP) is 2.70. The Kier molecular flexibility index (Phi) is 4.89. The van der Waals surface area contributed by atoms with Crippen LogP contribution in [0, 0.1) is 11.6 Å². The number of anilines is 1. The van der Waals surface area contributed by atoms with Crippen LogP contribution in [0.5, 0.6) is 0 Å². The number of carbonyl (C=O) groups is 1. The summed E-state index contributed by atoms with van der Waals surface area (Å²) < 4.78 is 26.3. The lowest BCUT2D eigenvalue weighted by Crippen LogP contribution is -2.39. The zero-order valence-electron chi connectivity index (χ0n) is 11.2. The number of rotatable bonds is 4. The van der Waals surface area contributed by atoms with Gasteiger partial charge in [-0.25, -0.2) is 13.6 Å². The molecule has 1 unspecified atom stereocenters. The molecule has 1 aliphatic rings. The Balaban J connectivity index is 2.00. The van der Waals surface area contributed by atoms with E-state index >= 15 is 0 Å². The number of benzene rings is 1. The Morgan fingerprint density at radius 2 is 2.25 bits per heavy atom. The van der Waals surface area contributed by atoms with Gasteiger partial charge in [-0.1, -0.05) is 0 Å². The zero-order valence-corrected chi connectivity index (χ0v) is 11.2. The molecule has 0 aromatic heterocycles. The fourth-order valence-electron chi connectivity index (χ4n) is 2.53. The number of urea groups is 1. The summed E-state index contributed by atoms with van der Waals surface area (Å²) in [5.74, 6) is -1.43. The van der Waals surface area contributed by atoms with E-state index in [4.69, 9.17) is 5.73 Å². The van der Waals surface area contributed by atoms with Crippen LogP contribution in [0.1, 0.15) is 25.7 Å². The summed E-state index contributed by atoms with van der Waals surface area (Å²) in [6, 6.07) is 2.92. The molecule has 1 aliphatic heterocycles. The molecular formula is C14H19F2N3O. The van der Waals surface area contributed by atoms with Crippen molar-refractivity contribution in [2.75, 3.05) is 18.4 Å². The second-order valence-corrected chi connectivity index (χ2v) is 4.97. The Hall–Kier alpha value is -1.69. The van der Waals surface area contributed by atoms with Crippen molar-refractivity contribution in [1.82, 2.24) is 4.90 Å². The van der Waals surface area contributed by atoms with E-state index in [1.165, 1.54) is 6.07 Å². The standard InChI is InChI=1S/C14H19F2N3O/c15-10-5-6-13(12(16)9-10)18-14(20)19-8-2-4-11(19)3-1-7-17/h5-6,9,11H,1-4,7-8,17H2,(H,18,20). The smallest absolute Gasteiger partial charge is 0.322 e. The second-order valence-electron chi connectivity index (χ2n) is 4.97. The maximum atomic E-state index is 13.5. The van der Waals surface area contributed by atoms with Crippen LogP contribution in [0.25, 0.3) is 0 Å². The second kappa shape index (κ2) is 6.65. The van der Waals surface area contributed by atoms with E-state index < -0.39 is 11.6 Å². The molecule has 1 fully saturated rings. The summed E-state index contributed by atoms with van der Waals surface area (Å²) in [6.07, 6.45) is 3.60. The lowest BCUT2D eigenvalue weighted by molar-refractivity contribution is 0.203. The average Bonchev–Trinajstić information content (AvgIpc) is 2.88. The first-order chi connectivity index (χ1) is 9.61. The SMILES string of the molecule is NCCCC1CCCN1C(=O)Nc1ccc(F)cc1F. The fraction of sp³-hybridized carbons (Fsp3) is 0.500. The number of amides is 2. The highest BCUT2D eigenvalue weighted by atomic mass is 19.1. The summed E-state index contributed by atoms with van der Waals surface area (Å²) in [6.45, 7) is 1.25. The van der Waals surface area contributed by atoms with E-state index in [1.54, 1.807) is 4.90 Å². The van der Waals surface area contributed by atoms with Crippen LogP contribution in [0.2, 0.25) is 0 Å². The van der Waals surface area contributed by atoms with Gasteiger partial charge in [0.1, 0.15) is 11.6 Å². The molecule has 6 heteroatoms. The molecule has 110 valence electrons.